The van der Waals surface area contributed by atoms with Crippen LogP contribution in [-0.4, -0.2) is 17.8 Å². The average Bonchev–Trinajstić information content (AvgIpc) is 3.03. The van der Waals surface area contributed by atoms with E-state index in [1.54, 1.807) is 55.5 Å². The maximum Gasteiger partial charge on any atom is 0.322 e. The third-order valence-electron chi connectivity index (χ3n) is 4.93. The summed E-state index contributed by atoms with van der Waals surface area (Å²) in [5, 5.41) is 0. The van der Waals surface area contributed by atoms with Gasteiger partial charge in [-0.1, -0.05) is 36.4 Å². The minimum atomic E-state index is -1.15. The number of rotatable bonds is 2. The van der Waals surface area contributed by atoms with Gasteiger partial charge < -0.3 is 4.74 Å². The summed E-state index contributed by atoms with van der Waals surface area (Å²) in [6.07, 6.45) is -0.00629. The lowest BCUT2D eigenvalue weighted by molar-refractivity contribution is -0.142. The number of hydrogen-bond donors (Lipinski definition) is 0. The van der Waals surface area contributed by atoms with E-state index < -0.39 is 17.3 Å². The molecule has 1 fully saturated rings. The number of imide groups is 1. The summed E-state index contributed by atoms with van der Waals surface area (Å²) in [7, 11) is 0. The fraction of sp³-hybridized carbons (Fsp3) is 0.211. The Morgan fingerprint density at radius 1 is 1.00 bits per heavy atom. The lowest BCUT2D eigenvalue weighted by Crippen LogP contribution is -2.43. The van der Waals surface area contributed by atoms with Crippen LogP contribution in [0.25, 0.3) is 0 Å². The summed E-state index contributed by atoms with van der Waals surface area (Å²) < 4.78 is 5.34. The molecule has 0 aliphatic carbocycles. The number of ether oxygens (including phenoxy) is 1. The molecule has 0 aromatic heterocycles. The second kappa shape index (κ2) is 5.03. The molecule has 5 nitrogen and oxygen atoms in total. The molecule has 120 valence electrons. The molecule has 2 amide bonds. The molecular formula is C19H15NO4. The fourth-order valence-corrected chi connectivity index (χ4v) is 3.56. The molecule has 2 aliphatic rings. The van der Waals surface area contributed by atoms with Gasteiger partial charge in [0.1, 0.15) is 11.2 Å². The molecule has 1 saturated heterocycles. The highest BCUT2D eigenvalue weighted by Gasteiger charge is 2.58. The van der Waals surface area contributed by atoms with E-state index in [-0.39, 0.29) is 18.2 Å². The Labute approximate surface area is 138 Å². The average molecular weight is 321 g/mol. The van der Waals surface area contributed by atoms with Crippen molar-refractivity contribution in [1.82, 2.24) is 0 Å². The Hall–Kier alpha value is -2.95. The van der Waals surface area contributed by atoms with Crippen molar-refractivity contribution in [3.8, 4) is 5.75 Å². The number of fused-ring (bicyclic) bond motifs is 1. The van der Waals surface area contributed by atoms with Gasteiger partial charge in [0.05, 0.1) is 11.6 Å². The number of anilines is 1. The van der Waals surface area contributed by atoms with Crippen LogP contribution in [-0.2, 0) is 19.8 Å². The van der Waals surface area contributed by atoms with Crippen LogP contribution in [0.2, 0.25) is 0 Å². The molecule has 2 aliphatic heterocycles. The van der Waals surface area contributed by atoms with Crippen molar-refractivity contribution >= 4 is 23.5 Å². The molecule has 0 bridgehead atoms. The van der Waals surface area contributed by atoms with Crippen molar-refractivity contribution in [2.75, 3.05) is 4.90 Å². The van der Waals surface area contributed by atoms with Crippen molar-refractivity contribution in [3.63, 3.8) is 0 Å². The predicted molar refractivity (Wildman–Crippen MR) is 86.5 cm³/mol. The molecule has 5 heteroatoms. The molecule has 24 heavy (non-hydrogen) atoms. The zero-order valence-electron chi connectivity index (χ0n) is 13.1. The number of hydrogen-bond acceptors (Lipinski definition) is 4. The lowest BCUT2D eigenvalue weighted by Gasteiger charge is -2.26. The smallest absolute Gasteiger partial charge is 0.322 e. The van der Waals surface area contributed by atoms with Crippen LogP contribution < -0.4 is 9.64 Å². The van der Waals surface area contributed by atoms with Crippen LogP contribution in [0.4, 0.5) is 5.69 Å². The van der Waals surface area contributed by atoms with Crippen molar-refractivity contribution in [3.05, 3.63) is 60.2 Å². The van der Waals surface area contributed by atoms with E-state index in [0.717, 1.165) is 0 Å². The normalized spacial score (nSPS) is 25.8. The Bertz CT molecular complexity index is 861. The molecule has 2 atom stereocenters. The zero-order valence-corrected chi connectivity index (χ0v) is 13.1. The molecule has 2 heterocycles. The first-order chi connectivity index (χ1) is 11.5. The van der Waals surface area contributed by atoms with Crippen LogP contribution in [0, 0.1) is 5.92 Å². The second-order valence-corrected chi connectivity index (χ2v) is 6.25. The van der Waals surface area contributed by atoms with Gasteiger partial charge in [-0.2, -0.15) is 0 Å². The molecular weight excluding hydrogens is 306 g/mol. The molecule has 2 unspecified atom stereocenters. The van der Waals surface area contributed by atoms with Gasteiger partial charge in [0.15, 0.2) is 0 Å². The third kappa shape index (κ3) is 1.84. The SMILES string of the molecule is CC1(C2CC(=O)N(c3ccccc3)C2=O)C(=O)Oc2ccccc21. The van der Waals surface area contributed by atoms with Crippen molar-refractivity contribution < 1.29 is 19.1 Å². The second-order valence-electron chi connectivity index (χ2n) is 6.25. The van der Waals surface area contributed by atoms with Crippen LogP contribution in [0.5, 0.6) is 5.75 Å². The van der Waals surface area contributed by atoms with Gasteiger partial charge in [-0.05, 0) is 25.1 Å². The summed E-state index contributed by atoms with van der Waals surface area (Å²) in [4.78, 5) is 39.1. The number of benzene rings is 2. The van der Waals surface area contributed by atoms with Gasteiger partial charge in [-0.25, -0.2) is 0 Å². The van der Waals surface area contributed by atoms with Gasteiger partial charge >= 0.3 is 5.97 Å². The molecule has 0 spiro atoms. The van der Waals surface area contributed by atoms with Gasteiger partial charge in [0.25, 0.3) is 0 Å². The summed E-state index contributed by atoms with van der Waals surface area (Å²) in [5.41, 5.74) is 0.0432. The first kappa shape index (κ1) is 14.6. The highest BCUT2D eigenvalue weighted by atomic mass is 16.5. The van der Waals surface area contributed by atoms with Gasteiger partial charge in [-0.15, -0.1) is 0 Å². The number of amides is 2. The Balaban J connectivity index is 1.77. The largest absolute Gasteiger partial charge is 0.426 e. The molecule has 0 N–H and O–H groups in total. The van der Waals surface area contributed by atoms with Crippen molar-refractivity contribution in [2.45, 2.75) is 18.8 Å². The predicted octanol–water partition coefficient (Wildman–Crippen LogP) is 2.44. The van der Waals surface area contributed by atoms with Gasteiger partial charge in [-0.3, -0.25) is 19.3 Å². The van der Waals surface area contributed by atoms with Gasteiger partial charge in [0, 0.05) is 12.0 Å². The molecule has 2 aromatic carbocycles. The van der Waals surface area contributed by atoms with Crippen LogP contribution >= 0.6 is 0 Å². The topological polar surface area (TPSA) is 63.7 Å². The highest BCUT2D eigenvalue weighted by molar-refractivity contribution is 6.22. The summed E-state index contributed by atoms with van der Waals surface area (Å²) in [5.74, 6) is -1.44. The van der Waals surface area contributed by atoms with E-state index >= 15 is 0 Å². The molecule has 4 rings (SSSR count). The first-order valence-corrected chi connectivity index (χ1v) is 7.77. The Kier molecular flexibility index (Phi) is 3.06. The molecule has 0 radical (unpaired) electrons. The maximum absolute atomic E-state index is 13.0. The quantitative estimate of drug-likeness (QED) is 0.484. The zero-order chi connectivity index (χ0) is 16.9. The number of carbonyl (C=O) groups excluding carboxylic acids is 3. The van der Waals surface area contributed by atoms with Crippen molar-refractivity contribution in [2.24, 2.45) is 5.92 Å². The standard InChI is InChI=1S/C19H15NO4/c1-19(13-9-5-6-10-15(13)24-18(19)23)14-11-16(21)20(17(14)22)12-7-3-2-4-8-12/h2-10,14H,11H2,1H3. The minimum absolute atomic E-state index is 0.00629. The van der Waals surface area contributed by atoms with E-state index in [4.69, 9.17) is 4.74 Å². The number of carbonyl (C=O) groups is 3. The Morgan fingerprint density at radius 2 is 1.67 bits per heavy atom. The van der Waals surface area contributed by atoms with Crippen molar-refractivity contribution in [1.29, 1.82) is 0 Å². The highest BCUT2D eigenvalue weighted by Crippen LogP contribution is 2.48. The van der Waals surface area contributed by atoms with E-state index in [0.29, 0.717) is 17.0 Å². The maximum atomic E-state index is 13.0. The lowest BCUT2D eigenvalue weighted by atomic mass is 9.72. The van der Waals surface area contributed by atoms with Crippen LogP contribution in [0.15, 0.2) is 54.6 Å². The molecule has 0 saturated carbocycles. The first-order valence-electron chi connectivity index (χ1n) is 7.77. The van der Waals surface area contributed by atoms with E-state index in [1.807, 2.05) is 6.07 Å². The third-order valence-corrected chi connectivity index (χ3v) is 4.93. The fourth-order valence-electron chi connectivity index (χ4n) is 3.56. The monoisotopic (exact) mass is 321 g/mol. The summed E-state index contributed by atoms with van der Waals surface area (Å²) in [6, 6.07) is 15.8. The number of para-hydroxylation sites is 2. The van der Waals surface area contributed by atoms with Crippen LogP contribution in [0.3, 0.4) is 0 Å². The minimum Gasteiger partial charge on any atom is -0.426 e. The van der Waals surface area contributed by atoms with Crippen LogP contribution in [0.1, 0.15) is 18.9 Å². The summed E-state index contributed by atoms with van der Waals surface area (Å²) in [6.45, 7) is 1.69. The van der Waals surface area contributed by atoms with E-state index in [1.165, 1.54) is 4.90 Å². The Morgan fingerprint density at radius 3 is 2.42 bits per heavy atom. The van der Waals surface area contributed by atoms with E-state index in [2.05, 4.69) is 0 Å². The van der Waals surface area contributed by atoms with Gasteiger partial charge in [0.2, 0.25) is 11.8 Å². The van der Waals surface area contributed by atoms with E-state index in [9.17, 15) is 14.4 Å². The summed E-state index contributed by atoms with van der Waals surface area (Å²) >= 11 is 0. The number of nitrogens with zero attached hydrogens (tertiary/aromatic N) is 1. The molecule has 2 aromatic rings. The number of esters is 1.